The average Bonchev–Trinajstić information content (AvgIpc) is 3.42. The first-order valence-corrected chi connectivity index (χ1v) is 11.1. The number of carboxylic acids is 1. The van der Waals surface area contributed by atoms with Gasteiger partial charge in [-0.1, -0.05) is 18.2 Å². The Bertz CT molecular complexity index is 1020. The van der Waals surface area contributed by atoms with Gasteiger partial charge in [-0.15, -0.1) is 0 Å². The number of hydrogen-bond donors (Lipinski definition) is 1. The van der Waals surface area contributed by atoms with E-state index < -0.39 is 17.9 Å². The van der Waals surface area contributed by atoms with Gasteiger partial charge in [0.25, 0.3) is 0 Å². The summed E-state index contributed by atoms with van der Waals surface area (Å²) in [5, 5.41) is 10.3. The van der Waals surface area contributed by atoms with E-state index in [-0.39, 0.29) is 31.2 Å². The molecule has 3 unspecified atom stereocenters. The Labute approximate surface area is 193 Å². The molecule has 2 aliphatic rings. The zero-order chi connectivity index (χ0) is 23.7. The molecule has 8 heteroatoms. The molecule has 2 heterocycles. The van der Waals surface area contributed by atoms with Crippen LogP contribution < -0.4 is 14.2 Å². The Morgan fingerprint density at radius 3 is 2.42 bits per heavy atom. The third-order valence-corrected chi connectivity index (χ3v) is 6.67. The fourth-order valence-electron chi connectivity index (χ4n) is 4.65. The zero-order valence-corrected chi connectivity index (χ0v) is 19.4. The van der Waals surface area contributed by atoms with Gasteiger partial charge in [-0.2, -0.15) is 0 Å². The number of amides is 1. The van der Waals surface area contributed by atoms with Gasteiger partial charge < -0.3 is 24.2 Å². The predicted octanol–water partition coefficient (Wildman–Crippen LogP) is 3.13. The van der Waals surface area contributed by atoms with Crippen molar-refractivity contribution in [3.63, 3.8) is 0 Å². The van der Waals surface area contributed by atoms with Crippen molar-refractivity contribution in [2.24, 2.45) is 5.92 Å². The summed E-state index contributed by atoms with van der Waals surface area (Å²) in [6, 6.07) is 12.6. The van der Waals surface area contributed by atoms with Gasteiger partial charge in [0.2, 0.25) is 12.7 Å². The normalized spacial score (nSPS) is 21.9. The van der Waals surface area contributed by atoms with Crippen molar-refractivity contribution in [3.8, 4) is 17.2 Å². The molecule has 4 rings (SSSR count). The largest absolute Gasteiger partial charge is 0.497 e. The van der Waals surface area contributed by atoms with Gasteiger partial charge in [0.15, 0.2) is 11.5 Å². The van der Waals surface area contributed by atoms with Gasteiger partial charge >= 0.3 is 5.97 Å². The Balaban J connectivity index is 1.72. The van der Waals surface area contributed by atoms with Crippen molar-refractivity contribution in [1.82, 2.24) is 9.80 Å². The Morgan fingerprint density at radius 1 is 1.12 bits per heavy atom. The number of rotatable bonds is 7. The lowest BCUT2D eigenvalue weighted by Crippen LogP contribution is -2.42. The molecule has 0 aliphatic carbocycles. The molecule has 176 valence electrons. The smallest absolute Gasteiger partial charge is 0.309 e. The van der Waals surface area contributed by atoms with E-state index in [1.807, 2.05) is 61.2 Å². The first-order chi connectivity index (χ1) is 15.8. The Morgan fingerprint density at radius 2 is 1.79 bits per heavy atom. The summed E-state index contributed by atoms with van der Waals surface area (Å²) >= 11 is 0. The van der Waals surface area contributed by atoms with Gasteiger partial charge in [0, 0.05) is 31.6 Å². The van der Waals surface area contributed by atoms with Crippen molar-refractivity contribution in [2.75, 3.05) is 34.0 Å². The van der Waals surface area contributed by atoms with Crippen LogP contribution in [0.25, 0.3) is 0 Å². The molecule has 0 aromatic heterocycles. The van der Waals surface area contributed by atoms with Crippen LogP contribution in [0.2, 0.25) is 0 Å². The highest BCUT2D eigenvalue weighted by atomic mass is 16.7. The molecule has 0 radical (unpaired) electrons. The SMILES string of the molecule is COc1ccc(C2C(C(=O)O)C(c3ccc4c(c3)OCO4)CN2CC(=O)N(C)C(C)C)cc1. The molecule has 33 heavy (non-hydrogen) atoms. The highest BCUT2D eigenvalue weighted by Crippen LogP contribution is 2.47. The van der Waals surface area contributed by atoms with E-state index in [2.05, 4.69) is 0 Å². The maximum atomic E-state index is 13.0. The minimum absolute atomic E-state index is 0.0426. The summed E-state index contributed by atoms with van der Waals surface area (Å²) in [6.07, 6.45) is 0. The lowest BCUT2D eigenvalue weighted by atomic mass is 9.82. The first-order valence-electron chi connectivity index (χ1n) is 11.1. The van der Waals surface area contributed by atoms with Gasteiger partial charge in [-0.25, -0.2) is 0 Å². The highest BCUT2D eigenvalue weighted by molar-refractivity contribution is 5.79. The monoisotopic (exact) mass is 454 g/mol. The van der Waals surface area contributed by atoms with Crippen LogP contribution in [0.1, 0.15) is 36.9 Å². The van der Waals surface area contributed by atoms with E-state index in [0.29, 0.717) is 23.8 Å². The van der Waals surface area contributed by atoms with Crippen LogP contribution in [0.4, 0.5) is 0 Å². The summed E-state index contributed by atoms with van der Waals surface area (Å²) in [5.41, 5.74) is 1.70. The first kappa shape index (κ1) is 22.9. The van der Waals surface area contributed by atoms with E-state index >= 15 is 0 Å². The Hall–Kier alpha value is -3.26. The molecule has 8 nitrogen and oxygen atoms in total. The van der Waals surface area contributed by atoms with E-state index in [1.54, 1.807) is 19.1 Å². The van der Waals surface area contributed by atoms with Gasteiger partial charge in [0.1, 0.15) is 5.75 Å². The minimum Gasteiger partial charge on any atom is -0.497 e. The standard InChI is InChI=1S/C25H30N2O6/c1-15(2)26(3)22(28)13-27-12-19(17-7-10-20-21(11-17)33-14-32-20)23(25(29)30)24(27)16-5-8-18(31-4)9-6-16/h5-11,15,19,23-24H,12-14H2,1-4H3,(H,29,30). The number of carbonyl (C=O) groups excluding carboxylic acids is 1. The number of ether oxygens (including phenoxy) is 3. The van der Waals surface area contributed by atoms with Crippen LogP contribution in [0.3, 0.4) is 0 Å². The van der Waals surface area contributed by atoms with Crippen LogP contribution in [0.5, 0.6) is 17.2 Å². The number of likely N-dealkylation sites (tertiary alicyclic amines) is 1. The number of methoxy groups -OCH3 is 1. The fourth-order valence-corrected chi connectivity index (χ4v) is 4.65. The molecule has 3 atom stereocenters. The van der Waals surface area contributed by atoms with Crippen molar-refractivity contribution < 1.29 is 28.9 Å². The molecule has 1 N–H and O–H groups in total. The van der Waals surface area contributed by atoms with E-state index in [9.17, 15) is 14.7 Å². The summed E-state index contributed by atoms with van der Waals surface area (Å²) in [7, 11) is 3.36. The molecule has 1 amide bonds. The number of aliphatic carboxylic acids is 1. The van der Waals surface area contributed by atoms with Gasteiger partial charge in [-0.05, 0) is 49.2 Å². The number of carboxylic acid groups (broad SMARTS) is 1. The quantitative estimate of drug-likeness (QED) is 0.688. The van der Waals surface area contributed by atoms with Crippen LogP contribution in [-0.2, 0) is 9.59 Å². The van der Waals surface area contributed by atoms with E-state index in [4.69, 9.17) is 14.2 Å². The van der Waals surface area contributed by atoms with E-state index in [0.717, 1.165) is 11.1 Å². The molecule has 0 bridgehead atoms. The molecule has 2 aromatic rings. The maximum absolute atomic E-state index is 13.0. The molecule has 1 fully saturated rings. The molecular weight excluding hydrogens is 424 g/mol. The summed E-state index contributed by atoms with van der Waals surface area (Å²) < 4.78 is 16.2. The lowest BCUT2D eigenvalue weighted by molar-refractivity contribution is -0.144. The molecule has 2 aromatic carbocycles. The van der Waals surface area contributed by atoms with Crippen LogP contribution >= 0.6 is 0 Å². The number of nitrogens with zero attached hydrogens (tertiary/aromatic N) is 2. The predicted molar refractivity (Wildman–Crippen MR) is 122 cm³/mol. The van der Waals surface area contributed by atoms with Crippen LogP contribution in [0.15, 0.2) is 42.5 Å². The number of hydrogen-bond acceptors (Lipinski definition) is 6. The second-order valence-corrected chi connectivity index (χ2v) is 8.83. The fraction of sp³-hybridized carbons (Fsp3) is 0.440. The summed E-state index contributed by atoms with van der Waals surface area (Å²) in [4.78, 5) is 29.2. The van der Waals surface area contributed by atoms with Crippen molar-refractivity contribution in [3.05, 3.63) is 53.6 Å². The molecule has 0 spiro atoms. The second kappa shape index (κ2) is 9.31. The van der Waals surface area contributed by atoms with E-state index in [1.165, 1.54) is 0 Å². The Kier molecular flexibility index (Phi) is 6.47. The molecule has 0 saturated carbocycles. The molecule has 1 saturated heterocycles. The number of carbonyl (C=O) groups is 2. The van der Waals surface area contributed by atoms with Gasteiger partial charge in [0.05, 0.1) is 19.6 Å². The van der Waals surface area contributed by atoms with Crippen molar-refractivity contribution in [2.45, 2.75) is 31.8 Å². The molecular formula is C25H30N2O6. The van der Waals surface area contributed by atoms with Crippen LogP contribution in [0, 0.1) is 5.92 Å². The average molecular weight is 455 g/mol. The van der Waals surface area contributed by atoms with Gasteiger partial charge in [-0.3, -0.25) is 14.5 Å². The zero-order valence-electron chi connectivity index (χ0n) is 19.4. The number of fused-ring (bicyclic) bond motifs is 1. The lowest BCUT2D eigenvalue weighted by Gasteiger charge is -2.29. The topological polar surface area (TPSA) is 88.5 Å². The van der Waals surface area contributed by atoms with Crippen LogP contribution in [-0.4, -0.2) is 66.9 Å². The van der Waals surface area contributed by atoms with Crippen molar-refractivity contribution in [1.29, 1.82) is 0 Å². The minimum atomic E-state index is -0.898. The third-order valence-electron chi connectivity index (χ3n) is 6.67. The highest BCUT2D eigenvalue weighted by Gasteiger charge is 2.48. The number of benzene rings is 2. The van der Waals surface area contributed by atoms with Crippen molar-refractivity contribution >= 4 is 11.9 Å². The third kappa shape index (κ3) is 4.48. The maximum Gasteiger partial charge on any atom is 0.309 e. The molecule has 2 aliphatic heterocycles. The summed E-state index contributed by atoms with van der Waals surface area (Å²) in [5.74, 6) is -0.0347. The number of likely N-dealkylation sites (N-methyl/N-ethyl adjacent to an activating group) is 1. The second-order valence-electron chi connectivity index (χ2n) is 8.83. The summed E-state index contributed by atoms with van der Waals surface area (Å²) in [6.45, 7) is 4.64.